The quantitative estimate of drug-likeness (QED) is 0.596. The molecular weight excluding hydrogens is 336 g/mol. The highest BCUT2D eigenvalue weighted by Crippen LogP contribution is 2.40. The molecule has 1 heterocycles. The van der Waals surface area contributed by atoms with Gasteiger partial charge in [-0.15, -0.1) is 0 Å². The summed E-state index contributed by atoms with van der Waals surface area (Å²) in [5.41, 5.74) is 0.132. The number of halogens is 2. The third kappa shape index (κ3) is 4.26. The number of hydrogen-bond acceptors (Lipinski definition) is 6. The van der Waals surface area contributed by atoms with Crippen molar-refractivity contribution in [3.8, 4) is 17.2 Å². The van der Waals surface area contributed by atoms with Gasteiger partial charge in [-0.25, -0.2) is 9.79 Å². The van der Waals surface area contributed by atoms with Crippen LogP contribution in [0.5, 0.6) is 17.2 Å². The predicted molar refractivity (Wildman–Crippen MR) is 87.1 cm³/mol. The van der Waals surface area contributed by atoms with E-state index in [-0.39, 0.29) is 22.9 Å². The number of aliphatic imine (C=N–C) groups is 1. The molecule has 0 radical (unpaired) electrons. The highest BCUT2D eigenvalue weighted by atomic mass is 19.3. The minimum Gasteiger partial charge on any atom is -0.493 e. The van der Waals surface area contributed by atoms with Crippen LogP contribution in [0.25, 0.3) is 6.08 Å². The number of carbonyl (C=O) groups is 1. The fourth-order valence-corrected chi connectivity index (χ4v) is 2.08. The summed E-state index contributed by atoms with van der Waals surface area (Å²) in [6.45, 7) is 2.57. The lowest BCUT2D eigenvalue weighted by molar-refractivity contribution is -0.130. The Morgan fingerprint density at radius 1 is 1.16 bits per heavy atom. The second kappa shape index (κ2) is 7.08. The lowest BCUT2D eigenvalue weighted by Gasteiger charge is -2.15. The van der Waals surface area contributed by atoms with Crippen molar-refractivity contribution < 1.29 is 32.5 Å². The number of carbonyl (C=O) groups excluding carboxylic acids is 1. The van der Waals surface area contributed by atoms with Gasteiger partial charge in [0.1, 0.15) is 0 Å². The lowest BCUT2D eigenvalue weighted by Crippen LogP contribution is -2.21. The van der Waals surface area contributed by atoms with Crippen LogP contribution in [-0.2, 0) is 9.53 Å². The van der Waals surface area contributed by atoms with Gasteiger partial charge in [0.05, 0.1) is 14.2 Å². The molecule has 2 rings (SSSR count). The molecule has 1 aromatic rings. The Morgan fingerprint density at radius 3 is 2.12 bits per heavy atom. The lowest BCUT2D eigenvalue weighted by atomic mass is 9.97. The Hall–Kier alpha value is -2.64. The van der Waals surface area contributed by atoms with Gasteiger partial charge in [-0.1, -0.05) is 20.8 Å². The highest BCUT2D eigenvalue weighted by Gasteiger charge is 2.31. The van der Waals surface area contributed by atoms with Gasteiger partial charge in [-0.05, 0) is 23.8 Å². The zero-order valence-electron chi connectivity index (χ0n) is 14.6. The molecule has 0 N–H and O–H groups in total. The molecule has 0 bridgehead atoms. The molecule has 0 aromatic heterocycles. The predicted octanol–water partition coefficient (Wildman–Crippen LogP) is 3.65. The van der Waals surface area contributed by atoms with E-state index < -0.39 is 18.0 Å². The molecule has 6 nitrogen and oxygen atoms in total. The number of rotatable bonds is 5. The number of methoxy groups -OCH3 is 2. The standard InChI is InChI=1S/C17H19F2NO5/c1-17(2,3)15-20-10(14(21)25-15)6-9-7-11(22-4)13(24-16(18)19)12(8-9)23-5/h6-8,16H,1-5H3/b10-6-. The second-order valence-electron chi connectivity index (χ2n) is 6.22. The van der Waals surface area contributed by atoms with E-state index in [1.807, 2.05) is 20.8 Å². The number of benzene rings is 1. The Morgan fingerprint density at radius 2 is 1.72 bits per heavy atom. The van der Waals surface area contributed by atoms with Crippen LogP contribution in [0, 0.1) is 5.41 Å². The highest BCUT2D eigenvalue weighted by molar-refractivity contribution is 6.08. The maximum Gasteiger partial charge on any atom is 0.387 e. The molecule has 0 spiro atoms. The van der Waals surface area contributed by atoms with Crippen LogP contribution in [0.4, 0.5) is 8.78 Å². The summed E-state index contributed by atoms with van der Waals surface area (Å²) in [5, 5.41) is 0. The molecule has 0 fully saturated rings. The first-order valence-electron chi connectivity index (χ1n) is 7.39. The smallest absolute Gasteiger partial charge is 0.387 e. The van der Waals surface area contributed by atoms with Crippen LogP contribution in [0.2, 0.25) is 0 Å². The molecule has 0 saturated heterocycles. The van der Waals surface area contributed by atoms with Gasteiger partial charge in [0.2, 0.25) is 11.6 Å². The van der Waals surface area contributed by atoms with Crippen molar-refractivity contribution in [3.63, 3.8) is 0 Å². The minimum atomic E-state index is -3.03. The summed E-state index contributed by atoms with van der Waals surface area (Å²) in [6.07, 6.45) is 1.46. The molecule has 0 unspecified atom stereocenters. The average Bonchev–Trinajstić information content (AvgIpc) is 2.89. The first-order valence-corrected chi connectivity index (χ1v) is 7.39. The first kappa shape index (κ1) is 18.7. The normalized spacial score (nSPS) is 16.1. The van der Waals surface area contributed by atoms with E-state index in [4.69, 9.17) is 14.2 Å². The van der Waals surface area contributed by atoms with Crippen LogP contribution >= 0.6 is 0 Å². The van der Waals surface area contributed by atoms with E-state index in [9.17, 15) is 13.6 Å². The molecule has 136 valence electrons. The second-order valence-corrected chi connectivity index (χ2v) is 6.22. The summed E-state index contributed by atoms with van der Waals surface area (Å²) in [5.74, 6) is -0.429. The number of esters is 1. The number of nitrogens with zero attached hydrogens (tertiary/aromatic N) is 1. The van der Waals surface area contributed by atoms with E-state index in [2.05, 4.69) is 9.73 Å². The molecule has 0 atom stereocenters. The molecular formula is C17H19F2NO5. The topological polar surface area (TPSA) is 66.4 Å². The van der Waals surface area contributed by atoms with Crippen LogP contribution < -0.4 is 14.2 Å². The van der Waals surface area contributed by atoms with Gasteiger partial charge < -0.3 is 18.9 Å². The van der Waals surface area contributed by atoms with Crippen molar-refractivity contribution in [1.29, 1.82) is 0 Å². The maximum atomic E-state index is 12.6. The molecule has 0 amide bonds. The van der Waals surface area contributed by atoms with Gasteiger partial charge in [0.15, 0.2) is 17.2 Å². The Bertz CT molecular complexity index is 710. The third-order valence-corrected chi connectivity index (χ3v) is 3.26. The summed E-state index contributed by atoms with van der Waals surface area (Å²) >= 11 is 0. The molecule has 1 aliphatic rings. The van der Waals surface area contributed by atoms with Gasteiger partial charge >= 0.3 is 12.6 Å². The summed E-state index contributed by atoms with van der Waals surface area (Å²) in [4.78, 5) is 16.2. The SMILES string of the molecule is COc1cc(/C=C2\N=C(C(C)(C)C)OC2=O)cc(OC)c1OC(F)F. The van der Waals surface area contributed by atoms with E-state index in [1.165, 1.54) is 32.4 Å². The third-order valence-electron chi connectivity index (χ3n) is 3.26. The monoisotopic (exact) mass is 355 g/mol. The van der Waals surface area contributed by atoms with Crippen LogP contribution in [0.15, 0.2) is 22.8 Å². The van der Waals surface area contributed by atoms with Crippen molar-refractivity contribution in [3.05, 3.63) is 23.4 Å². The Labute approximate surface area is 144 Å². The summed E-state index contributed by atoms with van der Waals surface area (Å²) in [6, 6.07) is 2.87. The van der Waals surface area contributed by atoms with Gasteiger partial charge in [-0.3, -0.25) is 0 Å². The summed E-state index contributed by atoms with van der Waals surface area (Å²) < 4.78 is 44.9. The fraction of sp³-hybridized carbons (Fsp3) is 0.412. The number of hydrogen-bond donors (Lipinski definition) is 0. The zero-order chi connectivity index (χ0) is 18.8. The fourth-order valence-electron chi connectivity index (χ4n) is 2.08. The van der Waals surface area contributed by atoms with Gasteiger partial charge in [0, 0.05) is 5.41 Å². The molecule has 1 aliphatic heterocycles. The summed E-state index contributed by atoms with van der Waals surface area (Å²) in [7, 11) is 2.62. The van der Waals surface area contributed by atoms with E-state index in [0.717, 1.165) is 0 Å². The maximum absolute atomic E-state index is 12.6. The molecule has 0 aliphatic carbocycles. The van der Waals surface area contributed by atoms with Gasteiger partial charge in [-0.2, -0.15) is 8.78 Å². The largest absolute Gasteiger partial charge is 0.493 e. The van der Waals surface area contributed by atoms with Crippen LogP contribution in [0.1, 0.15) is 26.3 Å². The average molecular weight is 355 g/mol. The van der Waals surface area contributed by atoms with Crippen molar-refractivity contribution in [2.24, 2.45) is 10.4 Å². The first-order chi connectivity index (χ1) is 11.7. The zero-order valence-corrected chi connectivity index (χ0v) is 14.6. The van der Waals surface area contributed by atoms with Crippen LogP contribution in [0.3, 0.4) is 0 Å². The van der Waals surface area contributed by atoms with E-state index in [1.54, 1.807) is 0 Å². The Balaban J connectivity index is 2.47. The van der Waals surface area contributed by atoms with Crippen molar-refractivity contribution in [2.45, 2.75) is 27.4 Å². The molecule has 8 heteroatoms. The number of ether oxygens (including phenoxy) is 4. The van der Waals surface area contributed by atoms with E-state index in [0.29, 0.717) is 11.5 Å². The van der Waals surface area contributed by atoms with Crippen molar-refractivity contribution >= 4 is 17.9 Å². The van der Waals surface area contributed by atoms with E-state index >= 15 is 0 Å². The molecule has 1 aromatic carbocycles. The van der Waals surface area contributed by atoms with Crippen molar-refractivity contribution in [2.75, 3.05) is 14.2 Å². The number of alkyl halides is 2. The van der Waals surface area contributed by atoms with Crippen molar-refractivity contribution in [1.82, 2.24) is 0 Å². The van der Waals surface area contributed by atoms with Crippen LogP contribution in [-0.4, -0.2) is 32.7 Å². The van der Waals surface area contributed by atoms with Gasteiger partial charge in [0.25, 0.3) is 0 Å². The number of cyclic esters (lactones) is 1. The minimum absolute atomic E-state index is 0.0397. The molecule has 0 saturated carbocycles. The Kier molecular flexibility index (Phi) is 5.30. The molecule has 25 heavy (non-hydrogen) atoms.